The molecule has 1 amide bonds. The van der Waals surface area contributed by atoms with Gasteiger partial charge < -0.3 is 15.9 Å². The zero-order valence-electron chi connectivity index (χ0n) is 5.37. The number of aliphatic hydroxyl groups is 2. The van der Waals surface area contributed by atoms with E-state index in [9.17, 15) is 4.79 Å². The van der Waals surface area contributed by atoms with Gasteiger partial charge >= 0.3 is 0 Å². The van der Waals surface area contributed by atoms with Crippen LogP contribution in [0.25, 0.3) is 0 Å². The fourth-order valence-electron chi connectivity index (χ4n) is 0.446. The standard InChI is InChI=1S/C6H9NO3/c1-2-3-4(5(7)8)6(9)10/h2,9-10H,1,3H2,(H2,7,8). The van der Waals surface area contributed by atoms with Crippen LogP contribution in [0.3, 0.4) is 0 Å². The average molecular weight is 143 g/mol. The first-order valence-electron chi connectivity index (χ1n) is 2.61. The van der Waals surface area contributed by atoms with Crippen LogP contribution in [0.2, 0.25) is 0 Å². The summed E-state index contributed by atoms with van der Waals surface area (Å²) in [4.78, 5) is 10.3. The Morgan fingerprint density at radius 3 is 2.20 bits per heavy atom. The number of rotatable bonds is 3. The molecule has 0 atom stereocenters. The van der Waals surface area contributed by atoms with Gasteiger partial charge in [0.1, 0.15) is 5.57 Å². The van der Waals surface area contributed by atoms with Gasteiger partial charge in [-0.15, -0.1) is 6.58 Å². The third-order valence-corrected chi connectivity index (χ3v) is 0.916. The van der Waals surface area contributed by atoms with Gasteiger partial charge in [0.25, 0.3) is 11.9 Å². The lowest BCUT2D eigenvalue weighted by molar-refractivity contribution is -0.115. The molecule has 0 bridgehead atoms. The van der Waals surface area contributed by atoms with Gasteiger partial charge in [0.2, 0.25) is 0 Å². The van der Waals surface area contributed by atoms with Crippen molar-refractivity contribution in [2.45, 2.75) is 6.42 Å². The Bertz CT molecular complexity index is 179. The molecule has 0 aromatic carbocycles. The SMILES string of the molecule is C=CCC(C(N)=O)=C(O)O. The summed E-state index contributed by atoms with van der Waals surface area (Å²) >= 11 is 0. The molecule has 0 saturated heterocycles. The molecule has 4 nitrogen and oxygen atoms in total. The summed E-state index contributed by atoms with van der Waals surface area (Å²) < 4.78 is 0. The molecular formula is C6H9NO3. The minimum Gasteiger partial charge on any atom is -0.481 e. The second kappa shape index (κ2) is 3.55. The highest BCUT2D eigenvalue weighted by atomic mass is 16.5. The van der Waals surface area contributed by atoms with Crippen LogP contribution in [0.5, 0.6) is 0 Å². The van der Waals surface area contributed by atoms with Crippen LogP contribution in [0.15, 0.2) is 24.2 Å². The molecule has 0 aromatic heterocycles. The van der Waals surface area contributed by atoms with E-state index in [0.29, 0.717) is 0 Å². The van der Waals surface area contributed by atoms with Crippen molar-refractivity contribution in [3.63, 3.8) is 0 Å². The largest absolute Gasteiger partial charge is 0.481 e. The Balaban J connectivity index is 4.42. The van der Waals surface area contributed by atoms with Gasteiger partial charge in [-0.3, -0.25) is 4.79 Å². The van der Waals surface area contributed by atoms with Gasteiger partial charge in [0.15, 0.2) is 0 Å². The van der Waals surface area contributed by atoms with Crippen LogP contribution < -0.4 is 5.73 Å². The first-order valence-corrected chi connectivity index (χ1v) is 2.61. The van der Waals surface area contributed by atoms with Crippen molar-refractivity contribution in [1.82, 2.24) is 0 Å². The Morgan fingerprint density at radius 1 is 1.60 bits per heavy atom. The Kier molecular flexibility index (Phi) is 3.04. The highest BCUT2D eigenvalue weighted by Gasteiger charge is 2.08. The van der Waals surface area contributed by atoms with Crippen LogP contribution in [0, 0.1) is 0 Å². The van der Waals surface area contributed by atoms with Crippen molar-refractivity contribution in [3.8, 4) is 0 Å². The zero-order valence-corrected chi connectivity index (χ0v) is 5.37. The number of allylic oxidation sites excluding steroid dienone is 1. The summed E-state index contributed by atoms with van der Waals surface area (Å²) in [6, 6.07) is 0. The molecule has 0 heterocycles. The lowest BCUT2D eigenvalue weighted by Gasteiger charge is -1.96. The average Bonchev–Trinajstić information content (AvgIpc) is 1.81. The highest BCUT2D eigenvalue weighted by molar-refractivity contribution is 5.92. The molecule has 0 fully saturated rings. The lowest BCUT2D eigenvalue weighted by atomic mass is 10.2. The predicted octanol–water partition coefficient (Wildman–Crippen LogP) is 0.375. The Hall–Kier alpha value is -1.45. The highest BCUT2D eigenvalue weighted by Crippen LogP contribution is 2.03. The van der Waals surface area contributed by atoms with E-state index in [4.69, 9.17) is 15.9 Å². The summed E-state index contributed by atoms with van der Waals surface area (Å²) in [6.07, 6.45) is 1.42. The van der Waals surface area contributed by atoms with Crippen molar-refractivity contribution in [1.29, 1.82) is 0 Å². The zero-order chi connectivity index (χ0) is 8.15. The minimum atomic E-state index is -1.03. The van der Waals surface area contributed by atoms with E-state index in [-0.39, 0.29) is 12.0 Å². The molecule has 10 heavy (non-hydrogen) atoms. The summed E-state index contributed by atoms with van der Waals surface area (Å²) in [6.45, 7) is 3.30. The summed E-state index contributed by atoms with van der Waals surface area (Å²) in [5, 5.41) is 16.8. The van der Waals surface area contributed by atoms with E-state index in [1.54, 1.807) is 0 Å². The molecule has 0 unspecified atom stereocenters. The Labute approximate surface area is 58.3 Å². The van der Waals surface area contributed by atoms with E-state index in [2.05, 4.69) is 6.58 Å². The van der Waals surface area contributed by atoms with Gasteiger partial charge in [-0.2, -0.15) is 0 Å². The molecule has 0 aliphatic carbocycles. The van der Waals surface area contributed by atoms with Crippen molar-refractivity contribution < 1.29 is 15.0 Å². The van der Waals surface area contributed by atoms with Crippen LogP contribution in [-0.2, 0) is 4.79 Å². The van der Waals surface area contributed by atoms with Crippen LogP contribution >= 0.6 is 0 Å². The second-order valence-corrected chi connectivity index (χ2v) is 1.66. The number of aliphatic hydroxyl groups excluding tert-OH is 1. The maximum absolute atomic E-state index is 10.3. The number of nitrogens with two attached hydrogens (primary N) is 1. The third kappa shape index (κ3) is 2.21. The second-order valence-electron chi connectivity index (χ2n) is 1.66. The maximum Gasteiger partial charge on any atom is 0.283 e. The monoisotopic (exact) mass is 143 g/mol. The number of carbonyl (C=O) groups is 1. The molecule has 0 rings (SSSR count). The topological polar surface area (TPSA) is 83.6 Å². The normalized spacial score (nSPS) is 8.40. The third-order valence-electron chi connectivity index (χ3n) is 0.916. The molecule has 0 radical (unpaired) electrons. The number of hydrogen-bond acceptors (Lipinski definition) is 3. The molecule has 56 valence electrons. The minimum absolute atomic E-state index is 0.0671. The molecule has 0 aromatic rings. The first kappa shape index (κ1) is 8.55. The van der Waals surface area contributed by atoms with E-state index < -0.39 is 11.9 Å². The number of primary amides is 1. The number of amides is 1. The molecule has 0 aliphatic heterocycles. The quantitative estimate of drug-likeness (QED) is 0.303. The van der Waals surface area contributed by atoms with E-state index in [1.807, 2.05) is 0 Å². The summed E-state index contributed by atoms with van der Waals surface area (Å²) in [5.74, 6) is -1.88. The summed E-state index contributed by atoms with van der Waals surface area (Å²) in [5.41, 5.74) is 4.53. The van der Waals surface area contributed by atoms with Gasteiger partial charge in [-0.05, 0) is 0 Å². The van der Waals surface area contributed by atoms with E-state index in [0.717, 1.165) is 0 Å². The predicted molar refractivity (Wildman–Crippen MR) is 36.3 cm³/mol. The molecule has 4 N–H and O–H groups in total. The fourth-order valence-corrected chi connectivity index (χ4v) is 0.446. The van der Waals surface area contributed by atoms with Crippen LogP contribution in [0.1, 0.15) is 6.42 Å². The van der Waals surface area contributed by atoms with Crippen LogP contribution in [0.4, 0.5) is 0 Å². The molecule has 0 saturated carbocycles. The van der Waals surface area contributed by atoms with Crippen LogP contribution in [-0.4, -0.2) is 16.1 Å². The lowest BCUT2D eigenvalue weighted by Crippen LogP contribution is -2.15. The molecule has 4 heteroatoms. The summed E-state index contributed by atoms with van der Waals surface area (Å²) in [7, 11) is 0. The molecule has 0 spiro atoms. The van der Waals surface area contributed by atoms with Crippen molar-refractivity contribution in [2.24, 2.45) is 5.73 Å². The van der Waals surface area contributed by atoms with Gasteiger partial charge in [0, 0.05) is 6.42 Å². The van der Waals surface area contributed by atoms with E-state index >= 15 is 0 Å². The van der Waals surface area contributed by atoms with Crippen molar-refractivity contribution >= 4 is 5.91 Å². The van der Waals surface area contributed by atoms with Gasteiger partial charge in [0.05, 0.1) is 0 Å². The fraction of sp³-hybridized carbons (Fsp3) is 0.167. The first-order chi connectivity index (χ1) is 4.59. The Morgan fingerprint density at radius 2 is 2.10 bits per heavy atom. The van der Waals surface area contributed by atoms with Crippen molar-refractivity contribution in [2.75, 3.05) is 0 Å². The molecule has 0 aliphatic rings. The number of hydrogen-bond donors (Lipinski definition) is 3. The smallest absolute Gasteiger partial charge is 0.283 e. The molecular weight excluding hydrogens is 134 g/mol. The number of carbonyl (C=O) groups excluding carboxylic acids is 1. The maximum atomic E-state index is 10.3. The van der Waals surface area contributed by atoms with Crippen molar-refractivity contribution in [3.05, 3.63) is 24.2 Å². The van der Waals surface area contributed by atoms with E-state index in [1.165, 1.54) is 6.08 Å². The van der Waals surface area contributed by atoms with Gasteiger partial charge in [-0.1, -0.05) is 6.08 Å². The van der Waals surface area contributed by atoms with Gasteiger partial charge in [-0.25, -0.2) is 0 Å².